The van der Waals surface area contributed by atoms with Crippen LogP contribution in [-0.2, 0) is 0 Å². The summed E-state index contributed by atoms with van der Waals surface area (Å²) >= 11 is 0. The normalized spacial score (nSPS) is 35.3. The molecule has 84 valence electrons. The lowest BCUT2D eigenvalue weighted by Crippen LogP contribution is -2.36. The number of nitrogens with two attached hydrogens (primary N) is 1. The first-order valence-electron chi connectivity index (χ1n) is 5.76. The van der Waals surface area contributed by atoms with Crippen molar-refractivity contribution in [2.45, 2.75) is 39.0 Å². The van der Waals surface area contributed by atoms with Gasteiger partial charge in [0.25, 0.3) is 0 Å². The van der Waals surface area contributed by atoms with Gasteiger partial charge in [-0.2, -0.15) is 5.10 Å². The average Bonchev–Trinajstić information content (AvgIpc) is 2.27. The van der Waals surface area contributed by atoms with Crippen molar-refractivity contribution < 1.29 is 4.79 Å². The zero-order valence-electron chi connectivity index (χ0n) is 9.20. The second-order valence-electron chi connectivity index (χ2n) is 4.85. The minimum atomic E-state index is -0.574. The van der Waals surface area contributed by atoms with Crippen LogP contribution in [0.1, 0.15) is 39.0 Å². The second-order valence-corrected chi connectivity index (χ2v) is 4.85. The monoisotopic (exact) mass is 209 g/mol. The van der Waals surface area contributed by atoms with Crippen molar-refractivity contribution in [2.75, 3.05) is 0 Å². The number of rotatable bonds is 2. The van der Waals surface area contributed by atoms with Crippen molar-refractivity contribution in [1.29, 1.82) is 0 Å². The summed E-state index contributed by atoms with van der Waals surface area (Å²) in [5.41, 5.74) is 8.36. The molecule has 2 bridgehead atoms. The van der Waals surface area contributed by atoms with Crippen molar-refractivity contribution in [2.24, 2.45) is 28.6 Å². The summed E-state index contributed by atoms with van der Waals surface area (Å²) in [5.74, 6) is 2.25. The van der Waals surface area contributed by atoms with Crippen LogP contribution in [-0.4, -0.2) is 11.7 Å². The summed E-state index contributed by atoms with van der Waals surface area (Å²) in [7, 11) is 0. The third-order valence-corrected chi connectivity index (χ3v) is 3.93. The third kappa shape index (κ3) is 2.30. The molecule has 0 spiro atoms. The van der Waals surface area contributed by atoms with E-state index >= 15 is 0 Å². The van der Waals surface area contributed by atoms with Crippen LogP contribution in [0.15, 0.2) is 5.10 Å². The van der Waals surface area contributed by atoms with Gasteiger partial charge in [0.2, 0.25) is 0 Å². The number of carbonyl (C=O) groups excluding carboxylic acids is 1. The number of hydrogen-bond donors (Lipinski definition) is 2. The lowest BCUT2D eigenvalue weighted by molar-refractivity contribution is 0.138. The molecule has 0 aromatic rings. The second kappa shape index (κ2) is 4.21. The molecule has 1 unspecified atom stereocenters. The Hall–Kier alpha value is -1.06. The predicted molar refractivity (Wildman–Crippen MR) is 59.4 cm³/mol. The molecule has 1 atom stereocenters. The minimum Gasteiger partial charge on any atom is -0.350 e. The summed E-state index contributed by atoms with van der Waals surface area (Å²) in [6.45, 7) is 2.00. The Morgan fingerprint density at radius 3 is 2.47 bits per heavy atom. The van der Waals surface area contributed by atoms with E-state index in [9.17, 15) is 4.79 Å². The number of fused-ring (bicyclic) bond motifs is 3. The molecule has 2 amide bonds. The topological polar surface area (TPSA) is 67.5 Å². The first-order chi connectivity index (χ1) is 7.16. The van der Waals surface area contributed by atoms with Crippen LogP contribution in [0.5, 0.6) is 0 Å². The standard InChI is InChI=1S/C11H19N3O/c1-7(13-14-11(12)15)10-6-8-2-4-9(10)5-3-8/h8-10H,2-6H2,1H3,(H3,12,14,15)/b13-7-. The largest absolute Gasteiger partial charge is 0.350 e. The average molecular weight is 209 g/mol. The van der Waals surface area contributed by atoms with Crippen LogP contribution in [0.2, 0.25) is 0 Å². The van der Waals surface area contributed by atoms with E-state index < -0.39 is 6.03 Å². The maximum atomic E-state index is 10.6. The molecule has 0 saturated heterocycles. The molecule has 0 aliphatic heterocycles. The van der Waals surface area contributed by atoms with E-state index in [4.69, 9.17) is 5.73 Å². The summed E-state index contributed by atoms with van der Waals surface area (Å²) < 4.78 is 0. The summed E-state index contributed by atoms with van der Waals surface area (Å²) in [6, 6.07) is -0.574. The molecule has 4 nitrogen and oxygen atoms in total. The number of primary amides is 1. The Morgan fingerprint density at radius 1 is 1.33 bits per heavy atom. The molecule has 0 heterocycles. The van der Waals surface area contributed by atoms with E-state index in [1.165, 1.54) is 32.1 Å². The van der Waals surface area contributed by atoms with Gasteiger partial charge >= 0.3 is 6.03 Å². The van der Waals surface area contributed by atoms with Crippen LogP contribution in [0.4, 0.5) is 4.79 Å². The molecule has 3 saturated carbocycles. The van der Waals surface area contributed by atoms with E-state index in [-0.39, 0.29) is 0 Å². The number of hydrazone groups is 1. The van der Waals surface area contributed by atoms with Gasteiger partial charge in [-0.3, -0.25) is 0 Å². The van der Waals surface area contributed by atoms with Crippen LogP contribution in [0.3, 0.4) is 0 Å². The summed E-state index contributed by atoms with van der Waals surface area (Å²) in [5, 5.41) is 4.06. The van der Waals surface area contributed by atoms with Gasteiger partial charge in [0.15, 0.2) is 0 Å². The Labute approximate surface area is 90.3 Å². The first-order valence-corrected chi connectivity index (χ1v) is 5.76. The van der Waals surface area contributed by atoms with Crippen molar-refractivity contribution in [3.63, 3.8) is 0 Å². The molecule has 0 radical (unpaired) electrons. The first kappa shape index (κ1) is 10.5. The molecule has 3 aliphatic rings. The van der Waals surface area contributed by atoms with Crippen molar-refractivity contribution in [3.05, 3.63) is 0 Å². The molecule has 3 aliphatic carbocycles. The van der Waals surface area contributed by atoms with Gasteiger partial charge in [-0.25, -0.2) is 10.2 Å². The molecule has 3 N–H and O–H groups in total. The van der Waals surface area contributed by atoms with E-state index in [1.807, 2.05) is 6.92 Å². The molecular weight excluding hydrogens is 190 g/mol. The highest BCUT2D eigenvalue weighted by atomic mass is 16.2. The van der Waals surface area contributed by atoms with Gasteiger partial charge in [-0.05, 0) is 38.0 Å². The maximum Gasteiger partial charge on any atom is 0.332 e. The van der Waals surface area contributed by atoms with E-state index in [2.05, 4.69) is 10.5 Å². The van der Waals surface area contributed by atoms with Gasteiger partial charge in [0, 0.05) is 11.6 Å². The number of amides is 2. The molecule has 3 fully saturated rings. The van der Waals surface area contributed by atoms with Crippen LogP contribution < -0.4 is 11.2 Å². The predicted octanol–water partition coefficient (Wildman–Crippen LogP) is 1.86. The van der Waals surface area contributed by atoms with Crippen molar-refractivity contribution in [3.8, 4) is 0 Å². The van der Waals surface area contributed by atoms with Crippen LogP contribution >= 0.6 is 0 Å². The van der Waals surface area contributed by atoms with Gasteiger partial charge in [0.1, 0.15) is 0 Å². The summed E-state index contributed by atoms with van der Waals surface area (Å²) in [6.07, 6.45) is 6.69. The number of urea groups is 1. The van der Waals surface area contributed by atoms with Crippen LogP contribution in [0.25, 0.3) is 0 Å². The highest BCUT2D eigenvalue weighted by Gasteiger charge is 2.36. The van der Waals surface area contributed by atoms with E-state index in [0.29, 0.717) is 5.92 Å². The molecular formula is C11H19N3O. The molecule has 4 heteroatoms. The zero-order valence-corrected chi connectivity index (χ0v) is 9.20. The lowest BCUT2D eigenvalue weighted by atomic mass is 9.63. The minimum absolute atomic E-state index is 0.573. The summed E-state index contributed by atoms with van der Waals surface area (Å²) in [4.78, 5) is 10.6. The smallest absolute Gasteiger partial charge is 0.332 e. The fraction of sp³-hybridized carbons (Fsp3) is 0.818. The fourth-order valence-corrected chi connectivity index (χ4v) is 3.12. The van der Waals surface area contributed by atoms with Crippen LogP contribution in [0, 0.1) is 17.8 Å². The quantitative estimate of drug-likeness (QED) is 0.529. The molecule has 0 aromatic carbocycles. The molecule has 0 aromatic heterocycles. The number of carbonyl (C=O) groups is 1. The Kier molecular flexibility index (Phi) is 2.93. The van der Waals surface area contributed by atoms with E-state index in [0.717, 1.165) is 17.5 Å². The van der Waals surface area contributed by atoms with Crippen molar-refractivity contribution >= 4 is 11.7 Å². The van der Waals surface area contributed by atoms with Gasteiger partial charge in [-0.15, -0.1) is 0 Å². The third-order valence-electron chi connectivity index (χ3n) is 3.93. The maximum absolute atomic E-state index is 10.6. The van der Waals surface area contributed by atoms with Gasteiger partial charge in [-0.1, -0.05) is 12.8 Å². The van der Waals surface area contributed by atoms with Gasteiger partial charge < -0.3 is 5.73 Å². The van der Waals surface area contributed by atoms with E-state index in [1.54, 1.807) is 0 Å². The Morgan fingerprint density at radius 2 is 2.00 bits per heavy atom. The highest BCUT2D eigenvalue weighted by molar-refractivity contribution is 5.86. The highest BCUT2D eigenvalue weighted by Crippen LogP contribution is 2.45. The lowest BCUT2D eigenvalue weighted by Gasteiger charge is -2.42. The number of nitrogens with one attached hydrogen (secondary N) is 1. The van der Waals surface area contributed by atoms with Crippen molar-refractivity contribution in [1.82, 2.24) is 5.43 Å². The van der Waals surface area contributed by atoms with Gasteiger partial charge in [0.05, 0.1) is 0 Å². The Balaban J connectivity index is 1.98. The Bertz CT molecular complexity index is 280. The zero-order chi connectivity index (χ0) is 10.8. The number of nitrogens with zero attached hydrogens (tertiary/aromatic N) is 1. The molecule has 3 rings (SSSR count). The SMILES string of the molecule is C/C(=N/NC(N)=O)C1CC2CCC1CC2. The fourth-order valence-electron chi connectivity index (χ4n) is 3.12. The molecule has 15 heavy (non-hydrogen) atoms. The number of hydrogen-bond acceptors (Lipinski definition) is 2.